The second-order valence-corrected chi connectivity index (χ2v) is 4.10. The highest BCUT2D eigenvalue weighted by molar-refractivity contribution is 5.92. The quantitative estimate of drug-likeness (QED) is 0.821. The van der Waals surface area contributed by atoms with Crippen molar-refractivity contribution >= 4 is 11.6 Å². The van der Waals surface area contributed by atoms with Gasteiger partial charge in [0.25, 0.3) is 0 Å². The molecule has 0 aliphatic carbocycles. The van der Waals surface area contributed by atoms with Gasteiger partial charge in [-0.25, -0.2) is 0 Å². The Labute approximate surface area is 102 Å². The van der Waals surface area contributed by atoms with Crippen LogP contribution in [0.1, 0.15) is 24.0 Å². The van der Waals surface area contributed by atoms with Gasteiger partial charge in [-0.1, -0.05) is 6.07 Å². The molecule has 17 heavy (non-hydrogen) atoms. The molecule has 0 radical (unpaired) electrons. The topological polar surface area (TPSA) is 64.3 Å². The first kappa shape index (κ1) is 13.5. The second-order valence-electron chi connectivity index (χ2n) is 4.10. The Balaban J connectivity index is 2.85. The van der Waals surface area contributed by atoms with Gasteiger partial charge in [0.15, 0.2) is 0 Å². The van der Waals surface area contributed by atoms with E-state index in [0.717, 1.165) is 22.6 Å². The summed E-state index contributed by atoms with van der Waals surface area (Å²) in [4.78, 5) is 11.6. The van der Waals surface area contributed by atoms with Gasteiger partial charge in [0.05, 0.1) is 12.8 Å². The number of benzene rings is 1. The molecule has 3 N–H and O–H groups in total. The van der Waals surface area contributed by atoms with Crippen LogP contribution in [0.3, 0.4) is 0 Å². The zero-order valence-corrected chi connectivity index (χ0v) is 10.7. The number of ether oxygens (including phenoxy) is 1. The van der Waals surface area contributed by atoms with Gasteiger partial charge in [0.1, 0.15) is 5.75 Å². The van der Waals surface area contributed by atoms with Gasteiger partial charge in [0.2, 0.25) is 5.91 Å². The summed E-state index contributed by atoms with van der Waals surface area (Å²) in [5.41, 5.74) is 8.21. The molecule has 4 heteroatoms. The summed E-state index contributed by atoms with van der Waals surface area (Å²) >= 11 is 0. The number of aryl methyl sites for hydroxylation is 2. The van der Waals surface area contributed by atoms with E-state index in [9.17, 15) is 4.79 Å². The third kappa shape index (κ3) is 3.75. The Hall–Kier alpha value is -1.55. The Morgan fingerprint density at radius 3 is 2.71 bits per heavy atom. The summed E-state index contributed by atoms with van der Waals surface area (Å²) in [6, 6.07) is 3.93. The van der Waals surface area contributed by atoms with Crippen molar-refractivity contribution in [2.24, 2.45) is 5.73 Å². The van der Waals surface area contributed by atoms with Crippen LogP contribution in [-0.4, -0.2) is 19.6 Å². The van der Waals surface area contributed by atoms with Crippen molar-refractivity contribution in [3.05, 3.63) is 23.3 Å². The molecule has 1 amide bonds. The number of amides is 1. The minimum absolute atomic E-state index is 0.0289. The van der Waals surface area contributed by atoms with Gasteiger partial charge in [-0.3, -0.25) is 4.79 Å². The molecule has 0 bridgehead atoms. The van der Waals surface area contributed by atoms with Crippen LogP contribution < -0.4 is 15.8 Å². The van der Waals surface area contributed by atoms with E-state index in [4.69, 9.17) is 10.5 Å². The van der Waals surface area contributed by atoms with Crippen LogP contribution in [0.25, 0.3) is 0 Å². The predicted molar refractivity (Wildman–Crippen MR) is 69.4 cm³/mol. The van der Waals surface area contributed by atoms with Gasteiger partial charge in [-0.2, -0.15) is 0 Å². The van der Waals surface area contributed by atoms with Crippen LogP contribution in [0, 0.1) is 13.8 Å². The fourth-order valence-corrected chi connectivity index (χ4v) is 1.79. The Bertz CT molecular complexity index is 403. The molecule has 0 aliphatic heterocycles. The van der Waals surface area contributed by atoms with Crippen LogP contribution in [-0.2, 0) is 4.79 Å². The number of nitrogens with one attached hydrogen (secondary N) is 1. The SMILES string of the molecule is COc1c(C)cc(C)cc1NC(=O)CCCN. The van der Waals surface area contributed by atoms with E-state index in [-0.39, 0.29) is 5.91 Å². The maximum Gasteiger partial charge on any atom is 0.224 e. The normalized spacial score (nSPS) is 10.1. The van der Waals surface area contributed by atoms with Crippen molar-refractivity contribution < 1.29 is 9.53 Å². The number of nitrogens with two attached hydrogens (primary N) is 1. The van der Waals surface area contributed by atoms with Crippen LogP contribution in [0.5, 0.6) is 5.75 Å². The molecule has 4 nitrogen and oxygen atoms in total. The van der Waals surface area contributed by atoms with E-state index in [0.29, 0.717) is 19.4 Å². The van der Waals surface area contributed by atoms with Crippen molar-refractivity contribution in [3.8, 4) is 5.75 Å². The number of methoxy groups -OCH3 is 1. The monoisotopic (exact) mass is 236 g/mol. The highest BCUT2D eigenvalue weighted by Gasteiger charge is 2.10. The fourth-order valence-electron chi connectivity index (χ4n) is 1.79. The smallest absolute Gasteiger partial charge is 0.224 e. The maximum absolute atomic E-state index is 11.6. The first-order valence-corrected chi connectivity index (χ1v) is 5.73. The average Bonchev–Trinajstić information content (AvgIpc) is 2.25. The second kappa shape index (κ2) is 6.25. The number of anilines is 1. The van der Waals surface area contributed by atoms with Crippen molar-refractivity contribution in [2.45, 2.75) is 26.7 Å². The summed E-state index contributed by atoms with van der Waals surface area (Å²) in [6.07, 6.45) is 1.13. The standard InChI is InChI=1S/C13H20N2O2/c1-9-7-10(2)13(17-3)11(8-9)15-12(16)5-4-6-14/h7-8H,4-6,14H2,1-3H3,(H,15,16). The van der Waals surface area contributed by atoms with E-state index >= 15 is 0 Å². The molecule has 0 heterocycles. The number of hydrogen-bond donors (Lipinski definition) is 2. The summed E-state index contributed by atoms with van der Waals surface area (Å²) in [6.45, 7) is 4.47. The Kier molecular flexibility index (Phi) is 4.97. The Morgan fingerprint density at radius 2 is 2.12 bits per heavy atom. The first-order valence-electron chi connectivity index (χ1n) is 5.73. The highest BCUT2D eigenvalue weighted by Crippen LogP contribution is 2.29. The lowest BCUT2D eigenvalue weighted by molar-refractivity contribution is -0.116. The van der Waals surface area contributed by atoms with E-state index in [1.54, 1.807) is 7.11 Å². The zero-order valence-electron chi connectivity index (χ0n) is 10.7. The molecule has 1 rings (SSSR count). The van der Waals surface area contributed by atoms with Crippen molar-refractivity contribution in [2.75, 3.05) is 19.0 Å². The predicted octanol–water partition coefficient (Wildman–Crippen LogP) is 1.99. The van der Waals surface area contributed by atoms with E-state index in [2.05, 4.69) is 5.32 Å². The molecule has 0 unspecified atom stereocenters. The maximum atomic E-state index is 11.6. The van der Waals surface area contributed by atoms with E-state index < -0.39 is 0 Å². The molecule has 0 saturated heterocycles. The first-order chi connectivity index (χ1) is 8.08. The molecular formula is C13H20N2O2. The lowest BCUT2D eigenvalue weighted by Crippen LogP contribution is -2.14. The molecule has 0 aliphatic rings. The van der Waals surface area contributed by atoms with E-state index in [1.165, 1.54) is 0 Å². The molecule has 0 atom stereocenters. The van der Waals surface area contributed by atoms with Crippen molar-refractivity contribution in [1.82, 2.24) is 0 Å². The Morgan fingerprint density at radius 1 is 1.41 bits per heavy atom. The third-order valence-electron chi connectivity index (χ3n) is 2.51. The molecule has 0 aromatic heterocycles. The molecule has 0 fully saturated rings. The zero-order chi connectivity index (χ0) is 12.8. The number of carbonyl (C=O) groups is 1. The molecule has 1 aromatic carbocycles. The highest BCUT2D eigenvalue weighted by atomic mass is 16.5. The molecule has 94 valence electrons. The minimum atomic E-state index is -0.0289. The molecule has 0 spiro atoms. The lowest BCUT2D eigenvalue weighted by Gasteiger charge is -2.13. The number of carbonyl (C=O) groups excluding carboxylic acids is 1. The minimum Gasteiger partial charge on any atom is -0.494 e. The third-order valence-corrected chi connectivity index (χ3v) is 2.51. The van der Waals surface area contributed by atoms with Crippen LogP contribution in [0.4, 0.5) is 5.69 Å². The van der Waals surface area contributed by atoms with Crippen LogP contribution in [0.15, 0.2) is 12.1 Å². The van der Waals surface area contributed by atoms with Crippen molar-refractivity contribution in [3.63, 3.8) is 0 Å². The lowest BCUT2D eigenvalue weighted by atomic mass is 10.1. The largest absolute Gasteiger partial charge is 0.494 e. The molecule has 0 saturated carbocycles. The van der Waals surface area contributed by atoms with Gasteiger partial charge in [-0.15, -0.1) is 0 Å². The summed E-state index contributed by atoms with van der Waals surface area (Å²) in [5, 5.41) is 2.86. The average molecular weight is 236 g/mol. The van der Waals surface area contributed by atoms with Crippen molar-refractivity contribution in [1.29, 1.82) is 0 Å². The summed E-state index contributed by atoms with van der Waals surface area (Å²) in [7, 11) is 1.60. The van der Waals surface area contributed by atoms with Gasteiger partial charge in [0, 0.05) is 6.42 Å². The van der Waals surface area contributed by atoms with Crippen LogP contribution in [0.2, 0.25) is 0 Å². The van der Waals surface area contributed by atoms with Gasteiger partial charge < -0.3 is 15.8 Å². The van der Waals surface area contributed by atoms with Gasteiger partial charge >= 0.3 is 0 Å². The number of rotatable bonds is 5. The van der Waals surface area contributed by atoms with E-state index in [1.807, 2.05) is 26.0 Å². The van der Waals surface area contributed by atoms with Gasteiger partial charge in [-0.05, 0) is 44.0 Å². The van der Waals surface area contributed by atoms with Crippen LogP contribution >= 0.6 is 0 Å². The summed E-state index contributed by atoms with van der Waals surface area (Å²) in [5.74, 6) is 0.690. The fraction of sp³-hybridized carbons (Fsp3) is 0.462. The molecule has 1 aromatic rings. The molecular weight excluding hydrogens is 216 g/mol. The number of hydrogen-bond acceptors (Lipinski definition) is 3. The summed E-state index contributed by atoms with van der Waals surface area (Å²) < 4.78 is 5.30.